The average Bonchev–Trinajstić information content (AvgIpc) is 3.24. The van der Waals surface area contributed by atoms with Crippen LogP contribution in [-0.4, -0.2) is 16.1 Å². The molecule has 33 heavy (non-hydrogen) atoms. The Balaban J connectivity index is 1.51. The fourth-order valence-corrected chi connectivity index (χ4v) is 3.51. The van der Waals surface area contributed by atoms with Gasteiger partial charge in [0.25, 0.3) is 5.91 Å². The van der Waals surface area contributed by atoms with Crippen LogP contribution in [0.1, 0.15) is 32.9 Å². The van der Waals surface area contributed by atoms with E-state index >= 15 is 0 Å². The third-order valence-corrected chi connectivity index (χ3v) is 5.23. The van der Waals surface area contributed by atoms with Gasteiger partial charge in [-0.2, -0.15) is 13.2 Å². The molecule has 0 bridgehead atoms. The summed E-state index contributed by atoms with van der Waals surface area (Å²) in [7, 11) is 0. The molecule has 4 aromatic rings. The molecule has 1 heterocycles. The lowest BCUT2D eigenvalue weighted by Crippen LogP contribution is -2.24. The van der Waals surface area contributed by atoms with E-state index in [2.05, 4.69) is 15.5 Å². The van der Waals surface area contributed by atoms with Gasteiger partial charge in [0.05, 0.1) is 5.56 Å². The molecule has 5 nitrogen and oxygen atoms in total. The summed E-state index contributed by atoms with van der Waals surface area (Å²) >= 11 is 0. The van der Waals surface area contributed by atoms with Crippen LogP contribution in [0.15, 0.2) is 71.1 Å². The van der Waals surface area contributed by atoms with Crippen LogP contribution in [0.25, 0.3) is 22.6 Å². The number of aryl methyl sites for hydroxylation is 2. The minimum absolute atomic E-state index is 0.0127. The highest BCUT2D eigenvalue weighted by Gasteiger charge is 2.32. The number of carbonyl (C=O) groups excluding carboxylic acids is 1. The number of hydrogen-bond donors (Lipinski definition) is 1. The third-order valence-electron chi connectivity index (χ3n) is 5.23. The van der Waals surface area contributed by atoms with E-state index in [1.807, 2.05) is 25.1 Å². The third kappa shape index (κ3) is 4.95. The molecular formula is C25H20F3N3O2. The highest BCUT2D eigenvalue weighted by atomic mass is 19.4. The van der Waals surface area contributed by atoms with Crippen LogP contribution in [0.4, 0.5) is 13.2 Å². The van der Waals surface area contributed by atoms with Crippen molar-refractivity contribution in [3.8, 4) is 22.6 Å². The van der Waals surface area contributed by atoms with Gasteiger partial charge in [0.15, 0.2) is 0 Å². The Bertz CT molecular complexity index is 1300. The summed E-state index contributed by atoms with van der Waals surface area (Å²) in [6.45, 7) is 3.47. The molecule has 0 aliphatic carbocycles. The van der Waals surface area contributed by atoms with Gasteiger partial charge in [-0.25, -0.2) is 0 Å². The van der Waals surface area contributed by atoms with Gasteiger partial charge in [-0.1, -0.05) is 36.4 Å². The second-order valence-electron chi connectivity index (χ2n) is 7.57. The van der Waals surface area contributed by atoms with Crippen molar-refractivity contribution in [2.75, 3.05) is 0 Å². The summed E-state index contributed by atoms with van der Waals surface area (Å²) in [6, 6.07) is 17.8. The zero-order chi connectivity index (χ0) is 23.6. The van der Waals surface area contributed by atoms with Gasteiger partial charge < -0.3 is 9.73 Å². The van der Waals surface area contributed by atoms with Crippen molar-refractivity contribution >= 4 is 5.91 Å². The molecule has 0 aliphatic heterocycles. The second kappa shape index (κ2) is 8.90. The van der Waals surface area contributed by atoms with Gasteiger partial charge in [-0.15, -0.1) is 10.2 Å². The summed E-state index contributed by atoms with van der Waals surface area (Å²) in [4.78, 5) is 12.5. The van der Waals surface area contributed by atoms with Crippen LogP contribution in [-0.2, 0) is 12.7 Å². The van der Waals surface area contributed by atoms with E-state index in [4.69, 9.17) is 4.42 Å². The zero-order valence-electron chi connectivity index (χ0n) is 17.9. The monoisotopic (exact) mass is 451 g/mol. The lowest BCUT2D eigenvalue weighted by Gasteiger charge is -2.13. The number of halogens is 3. The maximum atomic E-state index is 13.1. The number of carbonyl (C=O) groups is 1. The predicted octanol–water partition coefficient (Wildman–Crippen LogP) is 5.97. The van der Waals surface area contributed by atoms with Crippen molar-refractivity contribution in [1.29, 1.82) is 0 Å². The minimum Gasteiger partial charge on any atom is -0.421 e. The lowest BCUT2D eigenvalue weighted by molar-refractivity contribution is -0.138. The molecule has 0 unspecified atom stereocenters. The topological polar surface area (TPSA) is 68.0 Å². The number of amides is 1. The van der Waals surface area contributed by atoms with Crippen LogP contribution in [0, 0.1) is 13.8 Å². The first-order valence-electron chi connectivity index (χ1n) is 10.2. The molecule has 1 N–H and O–H groups in total. The number of hydrogen-bond acceptors (Lipinski definition) is 4. The standard InChI is InChI=1S/C25H20F3N3O2/c1-15-7-8-19(24-31-30-16(2)33-24)13-21(15)17-9-11-18(12-10-17)23(32)29-14-20-5-3-4-6-22(20)25(26,27)28/h3-13H,14H2,1-2H3,(H,29,32). The van der Waals surface area contributed by atoms with Crippen LogP contribution in [0.2, 0.25) is 0 Å². The van der Waals surface area contributed by atoms with Gasteiger partial charge in [-0.3, -0.25) is 4.79 Å². The summed E-state index contributed by atoms with van der Waals surface area (Å²) in [6.07, 6.45) is -4.48. The molecule has 0 atom stereocenters. The fourth-order valence-electron chi connectivity index (χ4n) is 3.51. The van der Waals surface area contributed by atoms with Gasteiger partial charge in [0.1, 0.15) is 0 Å². The highest BCUT2D eigenvalue weighted by molar-refractivity contribution is 5.94. The SMILES string of the molecule is Cc1nnc(-c2ccc(C)c(-c3ccc(C(=O)NCc4ccccc4C(F)(F)F)cc3)c2)o1. The first kappa shape index (κ1) is 22.3. The normalized spacial score (nSPS) is 11.4. The molecule has 0 aliphatic rings. The molecule has 0 saturated heterocycles. The van der Waals surface area contributed by atoms with Gasteiger partial charge in [-0.05, 0) is 59.5 Å². The molecule has 3 aromatic carbocycles. The van der Waals surface area contributed by atoms with Crippen LogP contribution < -0.4 is 5.32 Å². The molecule has 168 valence electrons. The average molecular weight is 451 g/mol. The van der Waals surface area contributed by atoms with Gasteiger partial charge in [0.2, 0.25) is 11.8 Å². The molecule has 4 rings (SSSR count). The number of nitrogens with one attached hydrogen (secondary N) is 1. The Hall–Kier alpha value is -3.94. The van der Waals surface area contributed by atoms with Crippen molar-refractivity contribution in [2.24, 2.45) is 0 Å². The maximum absolute atomic E-state index is 13.1. The minimum atomic E-state index is -4.48. The molecule has 0 radical (unpaired) electrons. The van der Waals surface area contributed by atoms with E-state index in [0.29, 0.717) is 17.3 Å². The first-order valence-corrected chi connectivity index (χ1v) is 10.2. The van der Waals surface area contributed by atoms with E-state index in [1.54, 1.807) is 31.2 Å². The Morgan fingerprint density at radius 1 is 0.939 bits per heavy atom. The molecular weight excluding hydrogens is 431 g/mol. The Morgan fingerprint density at radius 2 is 1.64 bits per heavy atom. The number of nitrogens with zero attached hydrogens (tertiary/aromatic N) is 2. The molecule has 0 fully saturated rings. The quantitative estimate of drug-likeness (QED) is 0.406. The van der Waals surface area contributed by atoms with Crippen LogP contribution in [0.5, 0.6) is 0 Å². The fraction of sp³-hybridized carbons (Fsp3) is 0.160. The number of rotatable bonds is 5. The number of benzene rings is 3. The summed E-state index contributed by atoms with van der Waals surface area (Å²) < 4.78 is 44.9. The molecule has 0 saturated carbocycles. The van der Waals surface area contributed by atoms with E-state index in [-0.39, 0.29) is 12.1 Å². The Kier molecular flexibility index (Phi) is 6.00. The van der Waals surface area contributed by atoms with Crippen LogP contribution >= 0.6 is 0 Å². The number of aromatic nitrogens is 2. The second-order valence-corrected chi connectivity index (χ2v) is 7.57. The van der Waals surface area contributed by atoms with Gasteiger partial charge in [0, 0.05) is 24.6 Å². The lowest BCUT2D eigenvalue weighted by atomic mass is 9.97. The molecule has 1 aromatic heterocycles. The summed E-state index contributed by atoms with van der Waals surface area (Å²) in [5.41, 5.74) is 3.23. The van der Waals surface area contributed by atoms with Crippen molar-refractivity contribution in [3.05, 3.63) is 94.9 Å². The Morgan fingerprint density at radius 3 is 2.30 bits per heavy atom. The zero-order valence-corrected chi connectivity index (χ0v) is 17.9. The van der Waals surface area contributed by atoms with Gasteiger partial charge >= 0.3 is 6.18 Å². The molecule has 0 spiro atoms. The summed E-state index contributed by atoms with van der Waals surface area (Å²) in [5, 5.41) is 10.5. The van der Waals surface area contributed by atoms with E-state index < -0.39 is 17.6 Å². The van der Waals surface area contributed by atoms with Crippen molar-refractivity contribution < 1.29 is 22.4 Å². The van der Waals surface area contributed by atoms with Crippen LogP contribution in [0.3, 0.4) is 0 Å². The van der Waals surface area contributed by atoms with E-state index in [0.717, 1.165) is 28.3 Å². The predicted molar refractivity (Wildman–Crippen MR) is 117 cm³/mol. The Labute approximate surface area is 188 Å². The van der Waals surface area contributed by atoms with E-state index in [1.165, 1.54) is 18.2 Å². The van der Waals surface area contributed by atoms with E-state index in [9.17, 15) is 18.0 Å². The highest BCUT2D eigenvalue weighted by Crippen LogP contribution is 2.32. The number of alkyl halides is 3. The first-order chi connectivity index (χ1) is 15.7. The van der Waals surface area contributed by atoms with Crippen molar-refractivity contribution in [3.63, 3.8) is 0 Å². The molecule has 1 amide bonds. The summed E-state index contributed by atoms with van der Waals surface area (Å²) in [5.74, 6) is 0.439. The van der Waals surface area contributed by atoms with Crippen molar-refractivity contribution in [2.45, 2.75) is 26.6 Å². The largest absolute Gasteiger partial charge is 0.421 e. The van der Waals surface area contributed by atoms with Crippen molar-refractivity contribution in [1.82, 2.24) is 15.5 Å². The smallest absolute Gasteiger partial charge is 0.416 e. The molecule has 8 heteroatoms. The maximum Gasteiger partial charge on any atom is 0.416 e.